The minimum absolute atomic E-state index is 0.0232. The summed E-state index contributed by atoms with van der Waals surface area (Å²) in [4.78, 5) is 24.2. The fourth-order valence-corrected chi connectivity index (χ4v) is 3.11. The standard InChI is InChI=1S/C19H24N4O2/c1-13(2)23-11-10-15(22-23)12-18(25)20-16-8-9-17(24)21-19(16)14-6-4-3-5-7-14/h3-7,10-11,13,16,19H,8-9,12H2,1-2H3,(H,20,25)(H,21,24)/t16-,19+/m1/s1. The summed E-state index contributed by atoms with van der Waals surface area (Å²) in [5, 5.41) is 10.5. The highest BCUT2D eigenvalue weighted by Gasteiger charge is 2.30. The highest BCUT2D eigenvalue weighted by atomic mass is 16.2. The maximum absolute atomic E-state index is 12.4. The molecule has 6 nitrogen and oxygen atoms in total. The molecule has 1 aliphatic heterocycles. The average Bonchev–Trinajstić information content (AvgIpc) is 3.06. The van der Waals surface area contributed by atoms with Crippen molar-refractivity contribution in [3.05, 3.63) is 53.9 Å². The Hall–Kier alpha value is -2.63. The maximum Gasteiger partial charge on any atom is 0.226 e. The molecule has 0 radical (unpaired) electrons. The lowest BCUT2D eigenvalue weighted by Crippen LogP contribution is -2.50. The molecule has 3 rings (SSSR count). The molecule has 2 amide bonds. The SMILES string of the molecule is CC(C)n1ccc(CC(=O)N[C@@H]2CCC(=O)N[C@H]2c2ccccc2)n1. The number of piperidine rings is 1. The number of hydrogen-bond donors (Lipinski definition) is 2. The largest absolute Gasteiger partial charge is 0.351 e. The monoisotopic (exact) mass is 340 g/mol. The van der Waals surface area contributed by atoms with Crippen LogP contribution >= 0.6 is 0 Å². The number of aromatic nitrogens is 2. The molecule has 2 aromatic rings. The first kappa shape index (κ1) is 17.2. The molecule has 2 heterocycles. The zero-order valence-electron chi connectivity index (χ0n) is 14.6. The van der Waals surface area contributed by atoms with E-state index in [1.165, 1.54) is 0 Å². The lowest BCUT2D eigenvalue weighted by molar-refractivity contribution is -0.126. The molecule has 25 heavy (non-hydrogen) atoms. The Labute approximate surface area is 147 Å². The van der Waals surface area contributed by atoms with E-state index in [0.29, 0.717) is 12.8 Å². The molecule has 0 saturated carbocycles. The van der Waals surface area contributed by atoms with Crippen LogP contribution in [0.25, 0.3) is 0 Å². The molecule has 0 bridgehead atoms. The summed E-state index contributed by atoms with van der Waals surface area (Å²) in [6, 6.07) is 11.6. The first-order valence-corrected chi connectivity index (χ1v) is 8.70. The van der Waals surface area contributed by atoms with Gasteiger partial charge in [-0.2, -0.15) is 5.10 Å². The minimum Gasteiger partial charge on any atom is -0.351 e. The molecule has 0 aliphatic carbocycles. The Morgan fingerprint density at radius 1 is 1.32 bits per heavy atom. The summed E-state index contributed by atoms with van der Waals surface area (Å²) in [5.41, 5.74) is 1.76. The molecular formula is C19H24N4O2. The molecular weight excluding hydrogens is 316 g/mol. The number of carbonyl (C=O) groups excluding carboxylic acids is 2. The van der Waals surface area contributed by atoms with Crippen molar-refractivity contribution < 1.29 is 9.59 Å². The quantitative estimate of drug-likeness (QED) is 0.875. The summed E-state index contributed by atoms with van der Waals surface area (Å²) < 4.78 is 1.84. The molecule has 2 N–H and O–H groups in total. The van der Waals surface area contributed by atoms with E-state index in [9.17, 15) is 9.59 Å². The molecule has 1 fully saturated rings. The van der Waals surface area contributed by atoms with Gasteiger partial charge in [0.05, 0.1) is 24.2 Å². The number of nitrogens with one attached hydrogen (secondary N) is 2. The molecule has 0 unspecified atom stereocenters. The number of rotatable bonds is 5. The molecule has 2 atom stereocenters. The first-order chi connectivity index (χ1) is 12.0. The highest BCUT2D eigenvalue weighted by Crippen LogP contribution is 2.24. The van der Waals surface area contributed by atoms with Crippen LogP contribution < -0.4 is 10.6 Å². The second-order valence-corrected chi connectivity index (χ2v) is 6.73. The van der Waals surface area contributed by atoms with Crippen molar-refractivity contribution in [2.45, 2.75) is 51.2 Å². The van der Waals surface area contributed by atoms with Gasteiger partial charge in [-0.15, -0.1) is 0 Å². The van der Waals surface area contributed by atoms with Gasteiger partial charge in [-0.1, -0.05) is 30.3 Å². The van der Waals surface area contributed by atoms with E-state index in [1.54, 1.807) is 0 Å². The van der Waals surface area contributed by atoms with Crippen molar-refractivity contribution in [2.75, 3.05) is 0 Å². The van der Waals surface area contributed by atoms with Crippen LogP contribution in [-0.4, -0.2) is 27.6 Å². The van der Waals surface area contributed by atoms with Gasteiger partial charge < -0.3 is 10.6 Å². The normalized spacial score (nSPS) is 20.4. The van der Waals surface area contributed by atoms with Crippen LogP contribution in [0.2, 0.25) is 0 Å². The van der Waals surface area contributed by atoms with Crippen molar-refractivity contribution in [3.8, 4) is 0 Å². The van der Waals surface area contributed by atoms with Crippen molar-refractivity contribution in [3.63, 3.8) is 0 Å². The minimum atomic E-state index is -0.195. The predicted octanol–water partition coefficient (Wildman–Crippen LogP) is 2.14. The topological polar surface area (TPSA) is 76.0 Å². The molecule has 1 aliphatic rings. The smallest absolute Gasteiger partial charge is 0.226 e. The first-order valence-electron chi connectivity index (χ1n) is 8.70. The second kappa shape index (κ2) is 7.51. The summed E-state index contributed by atoms with van der Waals surface area (Å²) >= 11 is 0. The number of carbonyl (C=O) groups is 2. The number of amides is 2. The highest BCUT2D eigenvalue weighted by molar-refractivity contribution is 5.80. The van der Waals surface area contributed by atoms with E-state index >= 15 is 0 Å². The van der Waals surface area contributed by atoms with E-state index in [1.807, 2.05) is 61.1 Å². The maximum atomic E-state index is 12.4. The summed E-state index contributed by atoms with van der Waals surface area (Å²) in [5.74, 6) is -0.0499. The zero-order valence-corrected chi connectivity index (χ0v) is 14.6. The van der Waals surface area contributed by atoms with Gasteiger partial charge in [-0.25, -0.2) is 0 Å². The van der Waals surface area contributed by atoms with Crippen LogP contribution in [0.3, 0.4) is 0 Å². The third-order valence-corrected chi connectivity index (χ3v) is 4.44. The summed E-state index contributed by atoms with van der Waals surface area (Å²) in [7, 11) is 0. The molecule has 6 heteroatoms. The second-order valence-electron chi connectivity index (χ2n) is 6.73. The lowest BCUT2D eigenvalue weighted by Gasteiger charge is -2.33. The van der Waals surface area contributed by atoms with E-state index in [0.717, 1.165) is 11.3 Å². The Balaban J connectivity index is 1.66. The predicted molar refractivity (Wildman–Crippen MR) is 94.8 cm³/mol. The van der Waals surface area contributed by atoms with Crippen LogP contribution in [0, 0.1) is 0 Å². The fraction of sp³-hybridized carbons (Fsp3) is 0.421. The van der Waals surface area contributed by atoms with Gasteiger partial charge in [0.2, 0.25) is 11.8 Å². The van der Waals surface area contributed by atoms with Gasteiger partial charge in [0, 0.05) is 18.7 Å². The molecule has 132 valence electrons. The van der Waals surface area contributed by atoms with Crippen LogP contribution in [0.4, 0.5) is 0 Å². The number of hydrogen-bond acceptors (Lipinski definition) is 3. The Morgan fingerprint density at radius 3 is 2.76 bits per heavy atom. The molecule has 1 saturated heterocycles. The molecule has 1 aromatic heterocycles. The van der Waals surface area contributed by atoms with Crippen LogP contribution in [0.5, 0.6) is 0 Å². The van der Waals surface area contributed by atoms with Crippen molar-refractivity contribution in [1.29, 1.82) is 0 Å². The van der Waals surface area contributed by atoms with Crippen LogP contribution in [0.1, 0.15) is 50.0 Å². The van der Waals surface area contributed by atoms with Crippen molar-refractivity contribution in [2.24, 2.45) is 0 Å². The molecule has 0 spiro atoms. The molecule has 1 aromatic carbocycles. The van der Waals surface area contributed by atoms with Gasteiger partial charge in [0.1, 0.15) is 0 Å². The summed E-state index contributed by atoms with van der Waals surface area (Å²) in [6.07, 6.45) is 3.19. The lowest BCUT2D eigenvalue weighted by atomic mass is 9.92. The summed E-state index contributed by atoms with van der Waals surface area (Å²) in [6.45, 7) is 4.10. The van der Waals surface area contributed by atoms with Gasteiger partial charge in [-0.05, 0) is 31.9 Å². The number of nitrogens with zero attached hydrogens (tertiary/aromatic N) is 2. The third kappa shape index (κ3) is 4.26. The third-order valence-electron chi connectivity index (χ3n) is 4.44. The Bertz CT molecular complexity index is 739. The van der Waals surface area contributed by atoms with Gasteiger partial charge >= 0.3 is 0 Å². The average molecular weight is 340 g/mol. The zero-order chi connectivity index (χ0) is 17.8. The number of benzene rings is 1. The van der Waals surface area contributed by atoms with Crippen molar-refractivity contribution >= 4 is 11.8 Å². The Kier molecular flexibility index (Phi) is 5.16. The van der Waals surface area contributed by atoms with E-state index in [-0.39, 0.29) is 36.4 Å². The van der Waals surface area contributed by atoms with Crippen LogP contribution in [-0.2, 0) is 16.0 Å². The van der Waals surface area contributed by atoms with Gasteiger partial charge in [0.15, 0.2) is 0 Å². The van der Waals surface area contributed by atoms with Crippen LogP contribution in [0.15, 0.2) is 42.6 Å². The fourth-order valence-electron chi connectivity index (χ4n) is 3.11. The van der Waals surface area contributed by atoms with Crippen molar-refractivity contribution in [1.82, 2.24) is 20.4 Å². The van der Waals surface area contributed by atoms with E-state index < -0.39 is 0 Å². The Morgan fingerprint density at radius 2 is 2.08 bits per heavy atom. The van der Waals surface area contributed by atoms with E-state index in [4.69, 9.17) is 0 Å². The van der Waals surface area contributed by atoms with Gasteiger partial charge in [0.25, 0.3) is 0 Å². The van der Waals surface area contributed by atoms with E-state index in [2.05, 4.69) is 15.7 Å². The van der Waals surface area contributed by atoms with Gasteiger partial charge in [-0.3, -0.25) is 14.3 Å².